The molecule has 0 spiro atoms. The molecule has 0 unspecified atom stereocenters. The number of alkyl halides is 1. The number of hydrogen-bond acceptors (Lipinski definition) is 8. The van der Waals surface area contributed by atoms with Crippen molar-refractivity contribution in [3.8, 4) is 0 Å². The first-order chi connectivity index (χ1) is 7.86. The van der Waals surface area contributed by atoms with Crippen molar-refractivity contribution in [3.63, 3.8) is 0 Å². The highest BCUT2D eigenvalue weighted by Crippen LogP contribution is 2.12. The largest absolute Gasteiger partial charge is 0.476 e. The van der Waals surface area contributed by atoms with E-state index < -0.39 is 17.3 Å². The van der Waals surface area contributed by atoms with E-state index in [2.05, 4.69) is 19.6 Å². The Bertz CT molecular complexity index is 404. The van der Waals surface area contributed by atoms with Crippen molar-refractivity contribution >= 4 is 22.7 Å². The summed E-state index contributed by atoms with van der Waals surface area (Å²) in [6, 6.07) is 0. The Morgan fingerprint density at radius 2 is 1.82 bits per heavy atom. The summed E-state index contributed by atoms with van der Waals surface area (Å²) in [6.45, 7) is -0.821. The third kappa shape index (κ3) is 11.3. The van der Waals surface area contributed by atoms with Crippen LogP contribution in [-0.2, 0) is 32.5 Å². The first-order valence-corrected chi connectivity index (χ1v) is 5.64. The van der Waals surface area contributed by atoms with E-state index in [1.807, 2.05) is 0 Å². The van der Waals surface area contributed by atoms with Crippen LogP contribution in [0.15, 0.2) is 4.42 Å². The molecule has 0 amide bonds. The van der Waals surface area contributed by atoms with Gasteiger partial charge in [-0.1, -0.05) is 7.77 Å². The third-order valence-corrected chi connectivity index (χ3v) is 1.39. The Hall–Kier alpha value is -0.920. The minimum absolute atomic E-state index is 0.0942. The smallest absolute Gasteiger partial charge is 0.421 e. The molecule has 0 fully saturated rings. The fourth-order valence-corrected chi connectivity index (χ4v) is 0.795. The van der Waals surface area contributed by atoms with Gasteiger partial charge in [-0.3, -0.25) is 0 Å². The molecule has 7 nitrogen and oxygen atoms in total. The summed E-state index contributed by atoms with van der Waals surface area (Å²) in [5, 5.41) is 9.54. The van der Waals surface area contributed by atoms with E-state index in [0.29, 0.717) is 12.0 Å². The molecule has 1 rings (SSSR count). The van der Waals surface area contributed by atoms with Crippen LogP contribution in [0.2, 0.25) is 0 Å². The molecule has 17 heavy (non-hydrogen) atoms. The van der Waals surface area contributed by atoms with Gasteiger partial charge >= 0.3 is 10.6 Å². The Morgan fingerprint density at radius 1 is 1.29 bits per heavy atom. The topological polar surface area (TPSA) is 91.5 Å². The molecule has 0 aliphatic rings. The Labute approximate surface area is 96.6 Å². The average molecular weight is 300 g/mol. The number of rotatable bonds is 5. The van der Waals surface area contributed by atoms with E-state index in [0.717, 1.165) is 0 Å². The summed E-state index contributed by atoms with van der Waals surface area (Å²) in [6.07, 6.45) is 0. The van der Waals surface area contributed by atoms with E-state index in [1.54, 1.807) is 0 Å². The van der Waals surface area contributed by atoms with Crippen molar-refractivity contribution in [2.75, 3.05) is 0 Å². The summed E-state index contributed by atoms with van der Waals surface area (Å²) in [4.78, 5) is 0. The molecule has 0 saturated carbocycles. The zero-order valence-electron chi connectivity index (χ0n) is 7.68. The van der Waals surface area contributed by atoms with E-state index in [1.165, 1.54) is 0 Å². The average Bonchev–Trinajstić information content (AvgIpc) is 2.64. The first kappa shape index (κ1) is 16.1. The lowest BCUT2D eigenvalue weighted by atomic mass is 10.7. The molecule has 0 saturated heterocycles. The van der Waals surface area contributed by atoms with Crippen LogP contribution < -0.4 is 0 Å². The Balaban J connectivity index is 0.000000437. The van der Waals surface area contributed by atoms with Gasteiger partial charge in [0.05, 0.1) is 0 Å². The second kappa shape index (κ2) is 8.21. The van der Waals surface area contributed by atoms with E-state index in [9.17, 15) is 16.7 Å². The van der Waals surface area contributed by atoms with Crippen molar-refractivity contribution in [1.29, 1.82) is 0 Å². The highest BCUT2D eigenvalue weighted by atomic mass is 32.3. The summed E-state index contributed by atoms with van der Waals surface area (Å²) in [5.41, 5.74) is 0. The van der Waals surface area contributed by atoms with E-state index >= 15 is 0 Å². The molecule has 1 heterocycles. The summed E-state index contributed by atoms with van der Waals surface area (Å²) < 4.78 is 67.8. The quantitative estimate of drug-likeness (QED) is 0.202. The van der Waals surface area contributed by atoms with Gasteiger partial charge in [0.25, 0.3) is 0 Å². The maximum Gasteiger partial charge on any atom is 0.476 e. The molecule has 13 heteroatoms. The molecule has 1 aromatic rings. The normalized spacial score (nSPS) is 10.8. The predicted octanol–water partition coefficient (Wildman–Crippen LogP) is 1.69. The lowest BCUT2D eigenvalue weighted by Crippen LogP contribution is -1.80. The van der Waals surface area contributed by atoms with Crippen LogP contribution in [0.5, 0.6) is 0 Å². The van der Waals surface area contributed by atoms with Gasteiger partial charge in [0, 0.05) is 12.0 Å². The predicted molar refractivity (Wildman–Crippen MR) is 44.8 cm³/mol. The van der Waals surface area contributed by atoms with Gasteiger partial charge in [-0.15, -0.1) is 14.5 Å². The van der Waals surface area contributed by atoms with Crippen LogP contribution in [0.4, 0.5) is 16.7 Å². The van der Waals surface area contributed by atoms with Crippen molar-refractivity contribution in [3.05, 3.63) is 11.8 Å². The zero-order valence-corrected chi connectivity index (χ0v) is 9.31. The first-order valence-electron chi connectivity index (χ1n) is 3.45. The maximum atomic E-state index is 11.8. The zero-order chi connectivity index (χ0) is 13.3. The number of aromatic nitrogens is 2. The standard InChI is InChI=1S/C4H4F2N2O3S.F2O2S/c5-1-3-7-8-4(9-3)2-12-11-10-6;1-5(2,3)4/h1-2H2;. The van der Waals surface area contributed by atoms with Gasteiger partial charge in [0.1, 0.15) is 5.75 Å². The minimum atomic E-state index is -5.67. The summed E-state index contributed by atoms with van der Waals surface area (Å²) in [5.74, 6) is 0.119. The summed E-state index contributed by atoms with van der Waals surface area (Å²) >= 11 is 0.614. The van der Waals surface area contributed by atoms with Gasteiger partial charge in [-0.2, -0.15) is 8.42 Å². The molecule has 0 N–H and O–H groups in total. The van der Waals surface area contributed by atoms with Gasteiger partial charge < -0.3 is 4.42 Å². The van der Waals surface area contributed by atoms with Gasteiger partial charge in [0.2, 0.25) is 11.8 Å². The number of nitrogens with zero attached hydrogens (tertiary/aromatic N) is 2. The molecule has 1 aromatic heterocycles. The fourth-order valence-electron chi connectivity index (χ4n) is 0.493. The van der Waals surface area contributed by atoms with E-state index in [4.69, 9.17) is 12.8 Å². The highest BCUT2D eigenvalue weighted by molar-refractivity contribution is 7.93. The third-order valence-electron chi connectivity index (χ3n) is 0.879. The van der Waals surface area contributed by atoms with Crippen molar-refractivity contribution in [1.82, 2.24) is 10.2 Å². The van der Waals surface area contributed by atoms with Crippen molar-refractivity contribution in [2.24, 2.45) is 0 Å². The van der Waals surface area contributed by atoms with Crippen molar-refractivity contribution in [2.45, 2.75) is 12.4 Å². The molecule has 0 aromatic carbocycles. The molecule has 0 atom stereocenters. The Kier molecular flexibility index (Phi) is 7.77. The van der Waals surface area contributed by atoms with Crippen LogP contribution in [0.25, 0.3) is 0 Å². The summed E-state index contributed by atoms with van der Waals surface area (Å²) in [7, 11) is -5.67. The molecular formula is C4H4F4N2O5S2. The fraction of sp³-hybridized carbons (Fsp3) is 0.500. The number of hydrogen-bond donors (Lipinski definition) is 0. The molecule has 0 bridgehead atoms. The lowest BCUT2D eigenvalue weighted by molar-refractivity contribution is -0.358. The van der Waals surface area contributed by atoms with E-state index in [-0.39, 0.29) is 17.5 Å². The Morgan fingerprint density at radius 3 is 2.24 bits per heavy atom. The molecule has 0 radical (unpaired) electrons. The lowest BCUT2D eigenvalue weighted by Gasteiger charge is -1.89. The number of halogens is 4. The molecule has 100 valence electrons. The van der Waals surface area contributed by atoms with Gasteiger partial charge in [0.15, 0.2) is 6.67 Å². The van der Waals surface area contributed by atoms with Crippen LogP contribution in [-0.4, -0.2) is 18.6 Å². The van der Waals surface area contributed by atoms with Crippen LogP contribution >= 0.6 is 12.0 Å². The van der Waals surface area contributed by atoms with Crippen LogP contribution in [0.1, 0.15) is 11.8 Å². The monoisotopic (exact) mass is 300 g/mol. The highest BCUT2D eigenvalue weighted by Gasteiger charge is 2.05. The second-order valence-electron chi connectivity index (χ2n) is 1.99. The molecule has 0 aliphatic carbocycles. The maximum absolute atomic E-state index is 11.8. The second-order valence-corrected chi connectivity index (χ2v) is 3.41. The van der Waals surface area contributed by atoms with Crippen LogP contribution in [0, 0.1) is 0 Å². The molecular weight excluding hydrogens is 296 g/mol. The SMILES string of the molecule is FCc1nnc(CSOOF)o1.O=S(=O)(F)F. The van der Waals surface area contributed by atoms with Crippen LogP contribution in [0.3, 0.4) is 0 Å². The van der Waals surface area contributed by atoms with Gasteiger partial charge in [-0.25, -0.2) is 4.39 Å². The minimum Gasteiger partial charge on any atom is -0.421 e. The van der Waals surface area contributed by atoms with Gasteiger partial charge in [-0.05, 0) is 9.62 Å². The van der Waals surface area contributed by atoms with Crippen molar-refractivity contribution < 1.29 is 38.9 Å². The molecule has 0 aliphatic heterocycles.